The van der Waals surface area contributed by atoms with Gasteiger partial charge in [-0.3, -0.25) is 4.79 Å². The minimum absolute atomic E-state index is 0.163. The number of esters is 1. The van der Waals surface area contributed by atoms with Gasteiger partial charge in [0.05, 0.1) is 14.2 Å². The lowest BCUT2D eigenvalue weighted by Gasteiger charge is -2.19. The van der Waals surface area contributed by atoms with Gasteiger partial charge in [-0.25, -0.2) is 0 Å². The molecule has 0 N–H and O–H groups in total. The number of hydrogen-bond donors (Lipinski definition) is 0. The van der Waals surface area contributed by atoms with Gasteiger partial charge in [-0.1, -0.05) is 6.07 Å². The van der Waals surface area contributed by atoms with Crippen LogP contribution in [0.4, 0.5) is 5.69 Å². The van der Waals surface area contributed by atoms with Crippen LogP contribution in [0.2, 0.25) is 0 Å². The van der Waals surface area contributed by atoms with Gasteiger partial charge in [0.15, 0.2) is 0 Å². The minimum Gasteiger partial charge on any atom is -0.497 e. The molecule has 0 unspecified atom stereocenters. The summed E-state index contributed by atoms with van der Waals surface area (Å²) in [5.41, 5.74) is 1.08. The van der Waals surface area contributed by atoms with Crippen molar-refractivity contribution >= 4 is 11.7 Å². The zero-order chi connectivity index (χ0) is 12.7. The summed E-state index contributed by atoms with van der Waals surface area (Å²) in [6.07, 6.45) is 1.23. The zero-order valence-electron chi connectivity index (χ0n) is 10.6. The number of benzene rings is 1. The second-order valence-corrected chi connectivity index (χ2v) is 3.80. The Morgan fingerprint density at radius 1 is 1.35 bits per heavy atom. The third-order valence-corrected chi connectivity index (χ3v) is 2.60. The van der Waals surface area contributed by atoms with Gasteiger partial charge in [0.25, 0.3) is 0 Å². The highest BCUT2D eigenvalue weighted by Gasteiger charge is 2.04. The van der Waals surface area contributed by atoms with E-state index in [2.05, 4.69) is 9.64 Å². The van der Waals surface area contributed by atoms with E-state index in [1.165, 1.54) is 7.11 Å². The standard InChI is InChI=1S/C13H19NO3/c1-14(9-5-8-13(15)17-3)11-6-4-7-12(10-11)16-2/h4,6-7,10H,5,8-9H2,1-3H3. The van der Waals surface area contributed by atoms with Crippen molar-refractivity contribution in [1.29, 1.82) is 0 Å². The predicted molar refractivity (Wildman–Crippen MR) is 67.5 cm³/mol. The quantitative estimate of drug-likeness (QED) is 0.710. The van der Waals surface area contributed by atoms with E-state index in [1.807, 2.05) is 31.3 Å². The maximum Gasteiger partial charge on any atom is 0.305 e. The van der Waals surface area contributed by atoms with E-state index in [0.29, 0.717) is 6.42 Å². The Hall–Kier alpha value is -1.71. The molecule has 0 aliphatic heterocycles. The molecule has 94 valence electrons. The van der Waals surface area contributed by atoms with Crippen LogP contribution in [0.25, 0.3) is 0 Å². The molecule has 0 heterocycles. The maximum absolute atomic E-state index is 11.0. The SMILES string of the molecule is COC(=O)CCCN(C)c1cccc(OC)c1. The van der Waals surface area contributed by atoms with E-state index in [-0.39, 0.29) is 5.97 Å². The summed E-state index contributed by atoms with van der Waals surface area (Å²) in [4.78, 5) is 13.1. The van der Waals surface area contributed by atoms with E-state index < -0.39 is 0 Å². The normalized spacial score (nSPS) is 9.82. The highest BCUT2D eigenvalue weighted by molar-refractivity contribution is 5.69. The Morgan fingerprint density at radius 3 is 2.76 bits per heavy atom. The molecule has 0 atom stereocenters. The van der Waals surface area contributed by atoms with Gasteiger partial charge in [-0.2, -0.15) is 0 Å². The fourth-order valence-corrected chi connectivity index (χ4v) is 1.54. The van der Waals surface area contributed by atoms with Crippen LogP contribution in [-0.4, -0.2) is 33.8 Å². The average Bonchev–Trinajstić information content (AvgIpc) is 2.38. The second kappa shape index (κ2) is 6.78. The van der Waals surface area contributed by atoms with Gasteiger partial charge in [-0.05, 0) is 18.6 Å². The first kappa shape index (κ1) is 13.4. The molecule has 1 rings (SSSR count). The molecule has 1 aromatic rings. The lowest BCUT2D eigenvalue weighted by atomic mass is 10.2. The van der Waals surface area contributed by atoms with Crippen molar-refractivity contribution in [2.75, 3.05) is 32.7 Å². The summed E-state index contributed by atoms with van der Waals surface area (Å²) < 4.78 is 9.76. The van der Waals surface area contributed by atoms with Crippen LogP contribution in [0.15, 0.2) is 24.3 Å². The lowest BCUT2D eigenvalue weighted by molar-refractivity contribution is -0.140. The molecular formula is C13H19NO3. The molecule has 0 amide bonds. The van der Waals surface area contributed by atoms with Gasteiger partial charge < -0.3 is 14.4 Å². The largest absolute Gasteiger partial charge is 0.497 e. The van der Waals surface area contributed by atoms with Crippen LogP contribution in [0.5, 0.6) is 5.75 Å². The smallest absolute Gasteiger partial charge is 0.305 e. The molecule has 0 bridgehead atoms. The fraction of sp³-hybridized carbons (Fsp3) is 0.462. The Balaban J connectivity index is 2.46. The van der Waals surface area contributed by atoms with Crippen LogP contribution >= 0.6 is 0 Å². The molecule has 17 heavy (non-hydrogen) atoms. The molecule has 0 aromatic heterocycles. The van der Waals surface area contributed by atoms with Crippen molar-refractivity contribution in [1.82, 2.24) is 0 Å². The van der Waals surface area contributed by atoms with E-state index >= 15 is 0 Å². The van der Waals surface area contributed by atoms with Crippen LogP contribution in [0.1, 0.15) is 12.8 Å². The zero-order valence-corrected chi connectivity index (χ0v) is 10.6. The van der Waals surface area contributed by atoms with Crippen molar-refractivity contribution in [3.8, 4) is 5.75 Å². The number of methoxy groups -OCH3 is 2. The fourth-order valence-electron chi connectivity index (χ4n) is 1.54. The Kier molecular flexibility index (Phi) is 5.33. The van der Waals surface area contributed by atoms with Crippen LogP contribution in [0.3, 0.4) is 0 Å². The monoisotopic (exact) mass is 237 g/mol. The third kappa shape index (κ3) is 4.34. The summed E-state index contributed by atoms with van der Waals surface area (Å²) in [6, 6.07) is 7.84. The molecule has 1 aromatic carbocycles. The maximum atomic E-state index is 11.0. The molecule has 4 heteroatoms. The Labute approximate surface area is 102 Å². The van der Waals surface area contributed by atoms with E-state index in [1.54, 1.807) is 7.11 Å². The molecule has 0 aliphatic rings. The highest BCUT2D eigenvalue weighted by atomic mass is 16.5. The number of carbonyl (C=O) groups is 1. The molecule has 0 fully saturated rings. The third-order valence-electron chi connectivity index (χ3n) is 2.60. The topological polar surface area (TPSA) is 38.8 Å². The van der Waals surface area contributed by atoms with Gasteiger partial charge >= 0.3 is 5.97 Å². The summed E-state index contributed by atoms with van der Waals surface area (Å²) in [5.74, 6) is 0.673. The molecule has 0 aliphatic carbocycles. The highest BCUT2D eigenvalue weighted by Crippen LogP contribution is 2.20. The lowest BCUT2D eigenvalue weighted by Crippen LogP contribution is -2.19. The average molecular weight is 237 g/mol. The number of anilines is 1. The van der Waals surface area contributed by atoms with Crippen LogP contribution < -0.4 is 9.64 Å². The van der Waals surface area contributed by atoms with Crippen molar-refractivity contribution in [2.24, 2.45) is 0 Å². The summed E-state index contributed by atoms with van der Waals surface area (Å²) in [7, 11) is 5.05. The van der Waals surface area contributed by atoms with Gasteiger partial charge in [-0.15, -0.1) is 0 Å². The number of ether oxygens (including phenoxy) is 2. The van der Waals surface area contributed by atoms with Crippen LogP contribution in [0, 0.1) is 0 Å². The van der Waals surface area contributed by atoms with E-state index in [0.717, 1.165) is 24.4 Å². The number of carbonyl (C=O) groups excluding carboxylic acids is 1. The number of hydrogen-bond acceptors (Lipinski definition) is 4. The summed E-state index contributed by atoms with van der Waals surface area (Å²) >= 11 is 0. The van der Waals surface area contributed by atoms with Crippen LogP contribution in [-0.2, 0) is 9.53 Å². The van der Waals surface area contributed by atoms with Crippen molar-refractivity contribution in [3.05, 3.63) is 24.3 Å². The van der Waals surface area contributed by atoms with Crippen molar-refractivity contribution in [3.63, 3.8) is 0 Å². The predicted octanol–water partition coefficient (Wildman–Crippen LogP) is 2.08. The van der Waals surface area contributed by atoms with Crippen molar-refractivity contribution < 1.29 is 14.3 Å². The number of nitrogens with zero attached hydrogens (tertiary/aromatic N) is 1. The van der Waals surface area contributed by atoms with Gasteiger partial charge in [0, 0.05) is 31.8 Å². The minimum atomic E-state index is -0.163. The first-order chi connectivity index (χ1) is 8.17. The first-order valence-corrected chi connectivity index (χ1v) is 5.59. The van der Waals surface area contributed by atoms with Gasteiger partial charge in [0.2, 0.25) is 0 Å². The molecule has 0 saturated heterocycles. The summed E-state index contributed by atoms with van der Waals surface area (Å²) in [5, 5.41) is 0. The summed E-state index contributed by atoms with van der Waals surface area (Å²) in [6.45, 7) is 0.808. The van der Waals surface area contributed by atoms with Gasteiger partial charge in [0.1, 0.15) is 5.75 Å². The first-order valence-electron chi connectivity index (χ1n) is 5.59. The molecule has 4 nitrogen and oxygen atoms in total. The molecule has 0 radical (unpaired) electrons. The molecular weight excluding hydrogens is 218 g/mol. The van der Waals surface area contributed by atoms with E-state index in [4.69, 9.17) is 4.74 Å². The second-order valence-electron chi connectivity index (χ2n) is 3.80. The Bertz CT molecular complexity index is 365. The van der Waals surface area contributed by atoms with E-state index in [9.17, 15) is 4.79 Å². The molecule has 0 saturated carbocycles. The Morgan fingerprint density at radius 2 is 2.12 bits per heavy atom. The van der Waals surface area contributed by atoms with Crippen molar-refractivity contribution in [2.45, 2.75) is 12.8 Å². The number of rotatable bonds is 6. The molecule has 0 spiro atoms.